The Hall–Kier alpha value is -2.99. The molecule has 0 aromatic heterocycles. The SMILES string of the molecule is COc1ccc(C)cc1/C(O)=C1\C(=O)C(=O)N(C2CCCCC2)C1c1ccc(O)c(Cl)c1. The molecule has 4 rings (SSSR count). The quantitative estimate of drug-likeness (QED) is 0.379. The summed E-state index contributed by atoms with van der Waals surface area (Å²) in [5, 5.41) is 21.3. The third-order valence-electron chi connectivity index (χ3n) is 6.35. The maximum atomic E-state index is 13.3. The van der Waals surface area contributed by atoms with Crippen LogP contribution in [0.2, 0.25) is 5.02 Å². The second-order valence-corrected chi connectivity index (χ2v) is 8.82. The van der Waals surface area contributed by atoms with Crippen molar-refractivity contribution >= 4 is 29.1 Å². The topological polar surface area (TPSA) is 87.1 Å². The smallest absolute Gasteiger partial charge is 0.295 e. The third kappa shape index (κ3) is 3.84. The lowest BCUT2D eigenvalue weighted by atomic mass is 9.90. The number of likely N-dealkylation sites (tertiary alicyclic amines) is 1. The number of aliphatic hydroxyl groups excluding tert-OH is 1. The molecule has 2 aromatic carbocycles. The Kier molecular flexibility index (Phi) is 6.15. The van der Waals surface area contributed by atoms with E-state index in [0.29, 0.717) is 16.9 Å². The Morgan fingerprint density at radius 2 is 1.81 bits per heavy atom. The molecular weight excluding hydrogens is 430 g/mol. The van der Waals surface area contributed by atoms with Crippen LogP contribution in [0.4, 0.5) is 0 Å². The van der Waals surface area contributed by atoms with Crippen molar-refractivity contribution in [3.05, 3.63) is 63.7 Å². The molecule has 2 aliphatic rings. The largest absolute Gasteiger partial charge is 0.507 e. The van der Waals surface area contributed by atoms with Gasteiger partial charge in [0.05, 0.1) is 29.3 Å². The van der Waals surface area contributed by atoms with E-state index in [1.165, 1.54) is 13.2 Å². The lowest BCUT2D eigenvalue weighted by Crippen LogP contribution is -2.40. The monoisotopic (exact) mass is 455 g/mol. The van der Waals surface area contributed by atoms with Crippen molar-refractivity contribution < 1.29 is 24.5 Å². The van der Waals surface area contributed by atoms with Gasteiger partial charge in [-0.3, -0.25) is 9.59 Å². The number of phenolic OH excluding ortho intramolecular Hbond substituents is 1. The molecule has 1 saturated carbocycles. The van der Waals surface area contributed by atoms with Crippen LogP contribution in [-0.2, 0) is 9.59 Å². The molecule has 0 radical (unpaired) electrons. The van der Waals surface area contributed by atoms with Gasteiger partial charge in [-0.25, -0.2) is 0 Å². The highest BCUT2D eigenvalue weighted by atomic mass is 35.5. The number of amides is 1. The Balaban J connectivity index is 1.93. The summed E-state index contributed by atoms with van der Waals surface area (Å²) in [6, 6.07) is 8.98. The molecule has 32 heavy (non-hydrogen) atoms. The predicted molar refractivity (Wildman–Crippen MR) is 122 cm³/mol. The molecule has 1 atom stereocenters. The molecular formula is C25H26ClNO5. The van der Waals surface area contributed by atoms with Gasteiger partial charge < -0.3 is 19.8 Å². The number of rotatable bonds is 4. The number of aliphatic hydroxyl groups is 1. The van der Waals surface area contributed by atoms with Crippen molar-refractivity contribution in [1.29, 1.82) is 0 Å². The van der Waals surface area contributed by atoms with Crippen molar-refractivity contribution in [3.8, 4) is 11.5 Å². The number of aromatic hydroxyl groups is 1. The number of nitrogens with zero attached hydrogens (tertiary/aromatic N) is 1. The number of hydrogen-bond donors (Lipinski definition) is 2. The van der Waals surface area contributed by atoms with Gasteiger partial charge in [-0.1, -0.05) is 48.6 Å². The molecule has 2 fully saturated rings. The van der Waals surface area contributed by atoms with Crippen LogP contribution in [0, 0.1) is 6.92 Å². The fraction of sp³-hybridized carbons (Fsp3) is 0.360. The van der Waals surface area contributed by atoms with E-state index in [1.54, 1.807) is 29.2 Å². The highest BCUT2D eigenvalue weighted by molar-refractivity contribution is 6.46. The van der Waals surface area contributed by atoms with E-state index in [2.05, 4.69) is 0 Å². The number of ketones is 1. The summed E-state index contributed by atoms with van der Waals surface area (Å²) in [6.45, 7) is 1.87. The van der Waals surface area contributed by atoms with Crippen LogP contribution in [0.1, 0.15) is 54.8 Å². The summed E-state index contributed by atoms with van der Waals surface area (Å²) in [5.74, 6) is -1.33. The first-order chi connectivity index (χ1) is 15.3. The molecule has 2 N–H and O–H groups in total. The van der Waals surface area contributed by atoms with Crippen LogP contribution >= 0.6 is 11.6 Å². The van der Waals surface area contributed by atoms with Crippen LogP contribution in [0.5, 0.6) is 11.5 Å². The van der Waals surface area contributed by atoms with Crippen LogP contribution in [-0.4, -0.2) is 40.0 Å². The highest BCUT2D eigenvalue weighted by Gasteiger charge is 2.49. The van der Waals surface area contributed by atoms with E-state index < -0.39 is 17.7 Å². The molecule has 0 bridgehead atoms. The summed E-state index contributed by atoms with van der Waals surface area (Å²) >= 11 is 6.17. The molecule has 1 heterocycles. The zero-order chi connectivity index (χ0) is 23.0. The van der Waals surface area contributed by atoms with Crippen molar-refractivity contribution in [2.24, 2.45) is 0 Å². The van der Waals surface area contributed by atoms with E-state index in [-0.39, 0.29) is 28.1 Å². The van der Waals surface area contributed by atoms with Crippen molar-refractivity contribution in [2.75, 3.05) is 7.11 Å². The zero-order valence-electron chi connectivity index (χ0n) is 18.1. The molecule has 0 spiro atoms. The lowest BCUT2D eigenvalue weighted by Gasteiger charge is -2.35. The third-order valence-corrected chi connectivity index (χ3v) is 6.65. The summed E-state index contributed by atoms with van der Waals surface area (Å²) < 4.78 is 5.40. The predicted octanol–water partition coefficient (Wildman–Crippen LogP) is 5.12. The van der Waals surface area contributed by atoms with E-state index in [4.69, 9.17) is 16.3 Å². The number of phenols is 1. The van der Waals surface area contributed by atoms with E-state index in [0.717, 1.165) is 37.7 Å². The number of carbonyl (C=O) groups excluding carboxylic acids is 2. The van der Waals surface area contributed by atoms with Gasteiger partial charge in [-0.05, 0) is 49.6 Å². The normalized spacial score (nSPS) is 21.2. The molecule has 1 saturated heterocycles. The Bertz CT molecular complexity index is 1100. The van der Waals surface area contributed by atoms with Crippen molar-refractivity contribution in [1.82, 2.24) is 4.90 Å². The number of ether oxygens (including phenoxy) is 1. The number of hydrogen-bond acceptors (Lipinski definition) is 5. The highest BCUT2D eigenvalue weighted by Crippen LogP contribution is 2.45. The molecule has 1 amide bonds. The van der Waals surface area contributed by atoms with Crippen LogP contribution in [0.25, 0.3) is 5.76 Å². The van der Waals surface area contributed by atoms with Gasteiger partial charge in [-0.2, -0.15) is 0 Å². The molecule has 1 aliphatic carbocycles. The molecule has 6 nitrogen and oxygen atoms in total. The molecule has 168 valence electrons. The minimum atomic E-state index is -0.804. The molecule has 7 heteroatoms. The maximum Gasteiger partial charge on any atom is 0.295 e. The Labute approximate surface area is 192 Å². The van der Waals surface area contributed by atoms with Gasteiger partial charge in [0.15, 0.2) is 0 Å². The van der Waals surface area contributed by atoms with Crippen LogP contribution in [0.15, 0.2) is 42.0 Å². The Morgan fingerprint density at radius 1 is 1.09 bits per heavy atom. The second kappa shape index (κ2) is 8.87. The number of Topliss-reactive ketones (excluding diaryl/α,β-unsaturated/α-hetero) is 1. The second-order valence-electron chi connectivity index (χ2n) is 8.41. The van der Waals surface area contributed by atoms with E-state index in [1.807, 2.05) is 13.0 Å². The number of carbonyl (C=O) groups is 2. The van der Waals surface area contributed by atoms with Crippen LogP contribution < -0.4 is 4.74 Å². The van der Waals surface area contributed by atoms with E-state index >= 15 is 0 Å². The fourth-order valence-corrected chi connectivity index (χ4v) is 4.95. The number of methoxy groups -OCH3 is 1. The van der Waals surface area contributed by atoms with E-state index in [9.17, 15) is 19.8 Å². The fourth-order valence-electron chi connectivity index (χ4n) is 4.76. The van der Waals surface area contributed by atoms with Gasteiger partial charge in [0.1, 0.15) is 17.3 Å². The molecule has 1 aliphatic heterocycles. The maximum absolute atomic E-state index is 13.3. The van der Waals surface area contributed by atoms with Gasteiger partial charge in [0.2, 0.25) is 0 Å². The minimum absolute atomic E-state index is 0.00577. The van der Waals surface area contributed by atoms with Gasteiger partial charge in [0, 0.05) is 6.04 Å². The average Bonchev–Trinajstić information content (AvgIpc) is 3.06. The lowest BCUT2D eigenvalue weighted by molar-refractivity contribution is -0.141. The first kappa shape index (κ1) is 22.2. The summed E-state index contributed by atoms with van der Waals surface area (Å²) in [4.78, 5) is 28.1. The standard InChI is InChI=1S/C25H26ClNO5/c1-14-8-11-20(32-2)17(12-14)23(29)21-22(15-9-10-19(28)18(26)13-15)27(25(31)24(21)30)16-6-4-3-5-7-16/h8-13,16,22,28-29H,3-7H2,1-2H3/b23-21+. The average molecular weight is 456 g/mol. The first-order valence-electron chi connectivity index (χ1n) is 10.8. The zero-order valence-corrected chi connectivity index (χ0v) is 18.9. The number of halogens is 1. The summed E-state index contributed by atoms with van der Waals surface area (Å²) in [5.41, 5.74) is 1.79. The molecule has 1 unspecified atom stereocenters. The van der Waals surface area contributed by atoms with Gasteiger partial charge in [0.25, 0.3) is 11.7 Å². The summed E-state index contributed by atoms with van der Waals surface area (Å²) in [6.07, 6.45) is 4.63. The van der Waals surface area contributed by atoms with Gasteiger partial charge in [-0.15, -0.1) is 0 Å². The van der Waals surface area contributed by atoms with Gasteiger partial charge >= 0.3 is 0 Å². The number of benzene rings is 2. The Morgan fingerprint density at radius 3 is 2.47 bits per heavy atom. The summed E-state index contributed by atoms with van der Waals surface area (Å²) in [7, 11) is 1.49. The first-order valence-corrected chi connectivity index (χ1v) is 11.1. The van der Waals surface area contributed by atoms with Crippen molar-refractivity contribution in [3.63, 3.8) is 0 Å². The van der Waals surface area contributed by atoms with Crippen molar-refractivity contribution in [2.45, 2.75) is 51.1 Å². The van der Waals surface area contributed by atoms with Crippen LogP contribution in [0.3, 0.4) is 0 Å². The molecule has 2 aromatic rings. The minimum Gasteiger partial charge on any atom is -0.507 e. The number of aryl methyl sites for hydroxylation is 1.